The monoisotopic (exact) mass is 266 g/mol. The third-order valence-corrected chi connectivity index (χ3v) is 3.08. The maximum absolute atomic E-state index is 5.06. The van der Waals surface area contributed by atoms with E-state index in [2.05, 4.69) is 32.6 Å². The molecule has 1 unspecified atom stereocenters. The van der Waals surface area contributed by atoms with E-state index < -0.39 is 0 Å². The highest BCUT2D eigenvalue weighted by Gasteiger charge is 2.22. The number of aryl methyl sites for hydroxylation is 1. The molecule has 1 aliphatic heterocycles. The molecule has 1 aromatic rings. The molecule has 1 aromatic heterocycles. The molecule has 2 N–H and O–H groups in total. The maximum Gasteiger partial charge on any atom is 0.191 e. The van der Waals surface area contributed by atoms with Crippen molar-refractivity contribution in [2.45, 2.75) is 39.0 Å². The predicted molar refractivity (Wildman–Crippen MR) is 73.0 cm³/mol. The SMILES string of the molecule is CCNC(=NC)NC1CCc2nc(COC)nn2C1. The summed E-state index contributed by atoms with van der Waals surface area (Å²) in [6, 6.07) is 0.336. The van der Waals surface area contributed by atoms with E-state index in [9.17, 15) is 0 Å². The zero-order valence-electron chi connectivity index (χ0n) is 11.8. The molecule has 1 atom stereocenters. The first-order valence-electron chi connectivity index (χ1n) is 6.65. The number of hydrogen-bond donors (Lipinski definition) is 2. The van der Waals surface area contributed by atoms with Crippen LogP contribution in [0.5, 0.6) is 0 Å². The molecule has 0 radical (unpaired) electrons. The van der Waals surface area contributed by atoms with Crippen LogP contribution in [0.4, 0.5) is 0 Å². The maximum atomic E-state index is 5.06. The van der Waals surface area contributed by atoms with E-state index in [1.165, 1.54) is 0 Å². The number of nitrogens with one attached hydrogen (secondary N) is 2. The van der Waals surface area contributed by atoms with Gasteiger partial charge in [-0.15, -0.1) is 0 Å². The van der Waals surface area contributed by atoms with Crippen molar-refractivity contribution in [3.8, 4) is 0 Å². The molecule has 1 aliphatic rings. The van der Waals surface area contributed by atoms with E-state index in [0.29, 0.717) is 12.6 Å². The van der Waals surface area contributed by atoms with Crippen LogP contribution in [-0.2, 0) is 24.3 Å². The smallest absolute Gasteiger partial charge is 0.191 e. The third-order valence-electron chi connectivity index (χ3n) is 3.08. The number of guanidine groups is 1. The molecule has 0 saturated carbocycles. The Bertz CT molecular complexity index is 441. The van der Waals surface area contributed by atoms with Crippen molar-refractivity contribution in [1.29, 1.82) is 0 Å². The van der Waals surface area contributed by atoms with Gasteiger partial charge in [0.15, 0.2) is 11.8 Å². The minimum Gasteiger partial charge on any atom is -0.377 e. The van der Waals surface area contributed by atoms with E-state index in [1.54, 1.807) is 14.2 Å². The van der Waals surface area contributed by atoms with Crippen LogP contribution in [0.3, 0.4) is 0 Å². The molecule has 0 saturated heterocycles. The minimum absolute atomic E-state index is 0.336. The second-order valence-corrected chi connectivity index (χ2v) is 4.54. The highest BCUT2D eigenvalue weighted by molar-refractivity contribution is 5.79. The predicted octanol–water partition coefficient (Wildman–Crippen LogP) is -0.0758. The molecular weight excluding hydrogens is 244 g/mol. The first kappa shape index (κ1) is 13.8. The molecule has 106 valence electrons. The van der Waals surface area contributed by atoms with Crippen LogP contribution in [0, 0.1) is 0 Å². The first-order chi connectivity index (χ1) is 9.26. The van der Waals surface area contributed by atoms with Crippen molar-refractivity contribution in [2.24, 2.45) is 4.99 Å². The number of aromatic nitrogens is 3. The second kappa shape index (κ2) is 6.51. The first-order valence-corrected chi connectivity index (χ1v) is 6.65. The molecule has 19 heavy (non-hydrogen) atoms. The molecule has 0 aliphatic carbocycles. The highest BCUT2D eigenvalue weighted by atomic mass is 16.5. The Morgan fingerprint density at radius 3 is 3.11 bits per heavy atom. The molecule has 0 bridgehead atoms. The van der Waals surface area contributed by atoms with Crippen LogP contribution in [0.2, 0.25) is 0 Å². The minimum atomic E-state index is 0.336. The zero-order valence-corrected chi connectivity index (χ0v) is 11.8. The van der Waals surface area contributed by atoms with E-state index >= 15 is 0 Å². The number of ether oxygens (including phenoxy) is 1. The Labute approximate surface area is 113 Å². The molecule has 7 heteroatoms. The van der Waals surface area contributed by atoms with Gasteiger partial charge in [0.2, 0.25) is 0 Å². The number of hydrogen-bond acceptors (Lipinski definition) is 4. The Balaban J connectivity index is 1.97. The number of methoxy groups -OCH3 is 1. The van der Waals surface area contributed by atoms with Gasteiger partial charge in [0.25, 0.3) is 0 Å². The highest BCUT2D eigenvalue weighted by Crippen LogP contribution is 2.13. The summed E-state index contributed by atoms with van der Waals surface area (Å²) < 4.78 is 7.03. The normalized spacial score (nSPS) is 19.1. The summed E-state index contributed by atoms with van der Waals surface area (Å²) in [6.45, 7) is 4.20. The number of nitrogens with zero attached hydrogens (tertiary/aromatic N) is 4. The average Bonchev–Trinajstić information content (AvgIpc) is 2.80. The summed E-state index contributed by atoms with van der Waals surface area (Å²) >= 11 is 0. The van der Waals surface area contributed by atoms with Gasteiger partial charge in [0.05, 0.1) is 6.54 Å². The molecule has 7 nitrogen and oxygen atoms in total. The van der Waals surface area contributed by atoms with Crippen LogP contribution in [0.1, 0.15) is 25.0 Å². The fraction of sp³-hybridized carbons (Fsp3) is 0.750. The quantitative estimate of drug-likeness (QED) is 0.589. The fourth-order valence-electron chi connectivity index (χ4n) is 2.22. The van der Waals surface area contributed by atoms with E-state index in [-0.39, 0.29) is 0 Å². The Morgan fingerprint density at radius 1 is 1.58 bits per heavy atom. The van der Waals surface area contributed by atoms with Gasteiger partial charge in [-0.25, -0.2) is 9.67 Å². The summed E-state index contributed by atoms with van der Waals surface area (Å²) in [5.41, 5.74) is 0. The van der Waals surface area contributed by atoms with Gasteiger partial charge in [-0.05, 0) is 13.3 Å². The second-order valence-electron chi connectivity index (χ2n) is 4.54. The summed E-state index contributed by atoms with van der Waals surface area (Å²) in [7, 11) is 3.44. The number of aliphatic imine (C=N–C) groups is 1. The number of rotatable bonds is 4. The lowest BCUT2D eigenvalue weighted by atomic mass is 10.1. The van der Waals surface area contributed by atoms with Gasteiger partial charge >= 0.3 is 0 Å². The van der Waals surface area contributed by atoms with Crippen molar-refractivity contribution < 1.29 is 4.74 Å². The van der Waals surface area contributed by atoms with Gasteiger partial charge in [0, 0.05) is 33.2 Å². The zero-order chi connectivity index (χ0) is 13.7. The van der Waals surface area contributed by atoms with Crippen molar-refractivity contribution >= 4 is 5.96 Å². The Morgan fingerprint density at radius 2 is 2.42 bits per heavy atom. The summed E-state index contributed by atoms with van der Waals surface area (Å²) in [5, 5.41) is 11.1. The number of fused-ring (bicyclic) bond motifs is 1. The average molecular weight is 266 g/mol. The molecule has 2 rings (SSSR count). The van der Waals surface area contributed by atoms with Crippen LogP contribution in [-0.4, -0.2) is 47.5 Å². The lowest BCUT2D eigenvalue weighted by Crippen LogP contribution is -2.47. The lowest BCUT2D eigenvalue weighted by Gasteiger charge is -2.25. The standard InChI is InChI=1S/C12H22N6O/c1-4-14-12(13-2)15-9-5-6-11-16-10(8-19-3)17-18(11)7-9/h9H,4-8H2,1-3H3,(H2,13,14,15). The molecular formula is C12H22N6O. The van der Waals surface area contributed by atoms with Gasteiger partial charge in [-0.2, -0.15) is 5.10 Å². The van der Waals surface area contributed by atoms with Crippen LogP contribution >= 0.6 is 0 Å². The molecule has 0 spiro atoms. The van der Waals surface area contributed by atoms with Gasteiger partial charge in [-0.3, -0.25) is 4.99 Å². The summed E-state index contributed by atoms with van der Waals surface area (Å²) in [5.74, 6) is 2.64. The molecule has 2 heterocycles. The van der Waals surface area contributed by atoms with Crippen molar-refractivity contribution in [3.63, 3.8) is 0 Å². The van der Waals surface area contributed by atoms with Crippen LogP contribution in [0.25, 0.3) is 0 Å². The van der Waals surface area contributed by atoms with Crippen LogP contribution in [0.15, 0.2) is 4.99 Å². The molecule has 0 fully saturated rings. The third kappa shape index (κ3) is 3.44. The Kier molecular flexibility index (Phi) is 4.73. The summed E-state index contributed by atoms with van der Waals surface area (Å²) in [6.07, 6.45) is 1.97. The van der Waals surface area contributed by atoms with E-state index in [4.69, 9.17) is 4.74 Å². The molecule has 0 aromatic carbocycles. The van der Waals surface area contributed by atoms with Gasteiger partial charge in [0.1, 0.15) is 12.4 Å². The fourth-order valence-corrected chi connectivity index (χ4v) is 2.22. The summed E-state index contributed by atoms with van der Waals surface area (Å²) in [4.78, 5) is 8.66. The van der Waals surface area contributed by atoms with E-state index in [0.717, 1.165) is 43.5 Å². The Hall–Kier alpha value is -1.63. The van der Waals surface area contributed by atoms with Crippen molar-refractivity contribution in [2.75, 3.05) is 20.7 Å². The lowest BCUT2D eigenvalue weighted by molar-refractivity contribution is 0.177. The van der Waals surface area contributed by atoms with E-state index in [1.807, 2.05) is 4.68 Å². The topological polar surface area (TPSA) is 76.4 Å². The van der Waals surface area contributed by atoms with Gasteiger partial charge < -0.3 is 15.4 Å². The van der Waals surface area contributed by atoms with Crippen molar-refractivity contribution in [1.82, 2.24) is 25.4 Å². The molecule has 0 amide bonds. The largest absolute Gasteiger partial charge is 0.377 e. The van der Waals surface area contributed by atoms with Crippen molar-refractivity contribution in [3.05, 3.63) is 11.6 Å². The van der Waals surface area contributed by atoms with Gasteiger partial charge in [-0.1, -0.05) is 0 Å². The van der Waals surface area contributed by atoms with Crippen LogP contribution < -0.4 is 10.6 Å².